The van der Waals surface area contributed by atoms with Crippen molar-refractivity contribution in [3.05, 3.63) is 0 Å². The third kappa shape index (κ3) is 4.01. The van der Waals surface area contributed by atoms with Gasteiger partial charge in [-0.1, -0.05) is 13.8 Å². The van der Waals surface area contributed by atoms with Crippen LogP contribution in [0.2, 0.25) is 0 Å². The Morgan fingerprint density at radius 3 is 2.61 bits per heavy atom. The van der Waals surface area contributed by atoms with Crippen LogP contribution in [0.4, 0.5) is 0 Å². The topological polar surface area (TPSA) is 84.5 Å². The minimum absolute atomic E-state index is 0.131. The second-order valence-corrected chi connectivity index (χ2v) is 4.87. The molecule has 18 heavy (non-hydrogen) atoms. The van der Waals surface area contributed by atoms with Crippen molar-refractivity contribution in [1.82, 2.24) is 10.6 Å². The number of amides is 2. The van der Waals surface area contributed by atoms with Crippen LogP contribution in [0.15, 0.2) is 0 Å². The Balaban J connectivity index is 2.56. The predicted molar refractivity (Wildman–Crippen MR) is 64.6 cm³/mol. The zero-order valence-electron chi connectivity index (χ0n) is 11.0. The van der Waals surface area contributed by atoms with Crippen molar-refractivity contribution in [2.75, 3.05) is 7.11 Å². The Morgan fingerprint density at radius 2 is 2.17 bits per heavy atom. The van der Waals surface area contributed by atoms with E-state index >= 15 is 0 Å². The molecule has 0 bridgehead atoms. The van der Waals surface area contributed by atoms with Gasteiger partial charge in [0, 0.05) is 6.42 Å². The molecule has 1 saturated heterocycles. The van der Waals surface area contributed by atoms with Crippen LogP contribution in [-0.4, -0.2) is 37.0 Å². The normalized spacial score (nSPS) is 20.4. The number of carbonyl (C=O) groups excluding carboxylic acids is 3. The molecule has 0 unspecified atom stereocenters. The maximum Gasteiger partial charge on any atom is 0.328 e. The maximum absolute atomic E-state index is 11.9. The molecule has 6 nitrogen and oxygen atoms in total. The standard InChI is InChI=1S/C12H20N2O4/c1-7(2)6-9(12(17)18-3)14-11(16)8-4-5-10(15)13-8/h7-9H,4-6H2,1-3H3,(H,13,15)(H,14,16)/t8-,9+/m1/s1. The molecule has 2 atom stereocenters. The third-order valence-corrected chi connectivity index (χ3v) is 2.82. The van der Waals surface area contributed by atoms with Crippen molar-refractivity contribution in [2.45, 2.75) is 45.2 Å². The molecule has 0 aromatic rings. The highest BCUT2D eigenvalue weighted by molar-refractivity contribution is 5.93. The summed E-state index contributed by atoms with van der Waals surface area (Å²) in [5.41, 5.74) is 0. The van der Waals surface area contributed by atoms with Gasteiger partial charge < -0.3 is 15.4 Å². The van der Waals surface area contributed by atoms with E-state index in [2.05, 4.69) is 15.4 Å². The summed E-state index contributed by atoms with van der Waals surface area (Å²) in [5, 5.41) is 5.20. The van der Waals surface area contributed by atoms with Gasteiger partial charge in [-0.2, -0.15) is 0 Å². The molecule has 6 heteroatoms. The van der Waals surface area contributed by atoms with Crippen LogP contribution < -0.4 is 10.6 Å². The van der Waals surface area contributed by atoms with E-state index in [0.717, 1.165) is 0 Å². The lowest BCUT2D eigenvalue weighted by atomic mass is 10.0. The average Bonchev–Trinajstić information content (AvgIpc) is 2.73. The summed E-state index contributed by atoms with van der Waals surface area (Å²) in [6, 6.07) is -1.18. The predicted octanol–water partition coefficient (Wildman–Crippen LogP) is -0.0311. The van der Waals surface area contributed by atoms with Gasteiger partial charge in [0.15, 0.2) is 0 Å². The van der Waals surface area contributed by atoms with Gasteiger partial charge in [-0.05, 0) is 18.8 Å². The zero-order chi connectivity index (χ0) is 13.7. The Labute approximate surface area is 106 Å². The minimum Gasteiger partial charge on any atom is -0.467 e. The minimum atomic E-state index is -0.653. The highest BCUT2D eigenvalue weighted by Gasteiger charge is 2.30. The van der Waals surface area contributed by atoms with Gasteiger partial charge in [-0.3, -0.25) is 9.59 Å². The van der Waals surface area contributed by atoms with Gasteiger partial charge in [0.1, 0.15) is 12.1 Å². The molecule has 0 saturated carbocycles. The highest BCUT2D eigenvalue weighted by Crippen LogP contribution is 2.10. The fourth-order valence-corrected chi connectivity index (χ4v) is 1.91. The lowest BCUT2D eigenvalue weighted by Crippen LogP contribution is -2.49. The molecule has 1 heterocycles. The van der Waals surface area contributed by atoms with Gasteiger partial charge in [0.05, 0.1) is 7.11 Å². The van der Waals surface area contributed by atoms with Crippen molar-refractivity contribution in [1.29, 1.82) is 0 Å². The number of esters is 1. The quantitative estimate of drug-likeness (QED) is 0.676. The van der Waals surface area contributed by atoms with E-state index in [1.54, 1.807) is 0 Å². The van der Waals surface area contributed by atoms with E-state index < -0.39 is 18.1 Å². The van der Waals surface area contributed by atoms with Crippen LogP contribution in [0.25, 0.3) is 0 Å². The van der Waals surface area contributed by atoms with Gasteiger partial charge in [-0.25, -0.2) is 4.79 Å². The number of rotatable bonds is 5. The lowest BCUT2D eigenvalue weighted by molar-refractivity contribution is -0.145. The van der Waals surface area contributed by atoms with Gasteiger partial charge >= 0.3 is 5.97 Å². The summed E-state index contributed by atoms with van der Waals surface area (Å²) in [6.45, 7) is 3.92. The first-order chi connectivity index (χ1) is 8.43. The SMILES string of the molecule is COC(=O)[C@H](CC(C)C)NC(=O)[C@H]1CCC(=O)N1. The van der Waals surface area contributed by atoms with Crippen LogP contribution in [0.3, 0.4) is 0 Å². The van der Waals surface area contributed by atoms with Gasteiger partial charge in [0.2, 0.25) is 11.8 Å². The van der Waals surface area contributed by atoms with Crippen LogP contribution in [0.5, 0.6) is 0 Å². The van der Waals surface area contributed by atoms with Crippen LogP contribution >= 0.6 is 0 Å². The maximum atomic E-state index is 11.9. The summed E-state index contributed by atoms with van der Waals surface area (Å²) in [4.78, 5) is 34.4. The Hall–Kier alpha value is -1.59. The van der Waals surface area contributed by atoms with Crippen LogP contribution in [0.1, 0.15) is 33.1 Å². The van der Waals surface area contributed by atoms with Crippen LogP contribution in [-0.2, 0) is 19.1 Å². The smallest absolute Gasteiger partial charge is 0.328 e. The summed E-state index contributed by atoms with van der Waals surface area (Å²) in [7, 11) is 1.29. The second-order valence-electron chi connectivity index (χ2n) is 4.87. The molecule has 102 valence electrons. The molecule has 1 fully saturated rings. The summed E-state index contributed by atoms with van der Waals surface area (Å²) in [6.07, 6.45) is 1.34. The van der Waals surface area contributed by atoms with Gasteiger partial charge in [-0.15, -0.1) is 0 Å². The van der Waals surface area contributed by atoms with Crippen molar-refractivity contribution >= 4 is 17.8 Å². The Bertz CT molecular complexity index is 341. The van der Waals surface area contributed by atoms with Crippen molar-refractivity contribution in [3.63, 3.8) is 0 Å². The highest BCUT2D eigenvalue weighted by atomic mass is 16.5. The largest absolute Gasteiger partial charge is 0.467 e. The fraction of sp³-hybridized carbons (Fsp3) is 0.750. The summed E-state index contributed by atoms with van der Waals surface area (Å²) >= 11 is 0. The number of nitrogens with one attached hydrogen (secondary N) is 2. The molecular formula is C12H20N2O4. The lowest BCUT2D eigenvalue weighted by Gasteiger charge is -2.20. The van der Waals surface area contributed by atoms with Crippen molar-refractivity contribution < 1.29 is 19.1 Å². The van der Waals surface area contributed by atoms with Gasteiger partial charge in [0.25, 0.3) is 0 Å². The van der Waals surface area contributed by atoms with Crippen LogP contribution in [0, 0.1) is 5.92 Å². The second kappa shape index (κ2) is 6.37. The van der Waals surface area contributed by atoms with E-state index in [9.17, 15) is 14.4 Å². The van der Waals surface area contributed by atoms with E-state index in [-0.39, 0.29) is 17.7 Å². The Kier molecular flexibility index (Phi) is 5.12. The Morgan fingerprint density at radius 1 is 1.50 bits per heavy atom. The molecule has 0 aliphatic carbocycles. The summed E-state index contributed by atoms with van der Waals surface area (Å²) < 4.78 is 4.66. The first kappa shape index (κ1) is 14.5. The average molecular weight is 256 g/mol. The molecule has 0 spiro atoms. The molecule has 0 aromatic heterocycles. The molecular weight excluding hydrogens is 236 g/mol. The van der Waals surface area contributed by atoms with E-state index in [0.29, 0.717) is 19.3 Å². The monoisotopic (exact) mass is 256 g/mol. The number of hydrogen-bond donors (Lipinski definition) is 2. The van der Waals surface area contributed by atoms with E-state index in [4.69, 9.17) is 0 Å². The zero-order valence-corrected chi connectivity index (χ0v) is 11.0. The number of carbonyl (C=O) groups is 3. The molecule has 1 rings (SSSR count). The number of ether oxygens (including phenoxy) is 1. The molecule has 0 aromatic carbocycles. The number of methoxy groups -OCH3 is 1. The first-order valence-electron chi connectivity index (χ1n) is 6.11. The molecule has 1 aliphatic heterocycles. The fourth-order valence-electron chi connectivity index (χ4n) is 1.91. The third-order valence-electron chi connectivity index (χ3n) is 2.82. The molecule has 1 aliphatic rings. The van der Waals surface area contributed by atoms with E-state index in [1.165, 1.54) is 7.11 Å². The van der Waals surface area contributed by atoms with E-state index in [1.807, 2.05) is 13.8 Å². The molecule has 2 N–H and O–H groups in total. The number of hydrogen-bond acceptors (Lipinski definition) is 4. The summed E-state index contributed by atoms with van der Waals surface area (Å²) in [5.74, 6) is -0.653. The molecule has 2 amide bonds. The molecule has 0 radical (unpaired) electrons. The van der Waals surface area contributed by atoms with Crippen molar-refractivity contribution in [2.24, 2.45) is 5.92 Å². The van der Waals surface area contributed by atoms with Crippen molar-refractivity contribution in [3.8, 4) is 0 Å². The first-order valence-corrected chi connectivity index (χ1v) is 6.11.